The van der Waals surface area contributed by atoms with Gasteiger partial charge in [0, 0.05) is 30.0 Å². The highest BCUT2D eigenvalue weighted by atomic mass is 32.1. The van der Waals surface area contributed by atoms with Crippen LogP contribution in [0, 0.1) is 5.92 Å². The Kier molecular flexibility index (Phi) is 3.21. The zero-order valence-electron chi connectivity index (χ0n) is 9.23. The van der Waals surface area contributed by atoms with Gasteiger partial charge < -0.3 is 11.1 Å². The fourth-order valence-corrected chi connectivity index (χ4v) is 2.17. The lowest BCUT2D eigenvalue weighted by atomic mass is 10.1. The Morgan fingerprint density at radius 3 is 2.80 bits per heavy atom. The highest BCUT2D eigenvalue weighted by Gasteiger charge is 2.28. The van der Waals surface area contributed by atoms with E-state index >= 15 is 0 Å². The van der Waals surface area contributed by atoms with Crippen molar-refractivity contribution in [2.45, 2.75) is 38.6 Å². The van der Waals surface area contributed by atoms with E-state index in [0.717, 1.165) is 11.0 Å². The molecule has 15 heavy (non-hydrogen) atoms. The Labute approximate surface area is 94.5 Å². The molecule has 3 N–H and O–H groups in total. The van der Waals surface area contributed by atoms with Crippen molar-refractivity contribution in [1.29, 1.82) is 0 Å². The van der Waals surface area contributed by atoms with Gasteiger partial charge in [-0.05, 0) is 18.8 Å². The molecule has 1 unspecified atom stereocenters. The number of rotatable bonds is 5. The van der Waals surface area contributed by atoms with E-state index in [0.29, 0.717) is 24.4 Å². The minimum Gasteiger partial charge on any atom is -0.356 e. The smallest absolute Gasteiger partial charge is 0.202 e. The number of nitrogens with two attached hydrogens (primary N) is 1. The minimum atomic E-state index is 0.296. The van der Waals surface area contributed by atoms with E-state index in [9.17, 15) is 0 Å². The van der Waals surface area contributed by atoms with Crippen LogP contribution in [-0.4, -0.2) is 21.9 Å². The second-order valence-corrected chi connectivity index (χ2v) is 5.21. The molecule has 0 radical (unpaired) electrons. The quantitative estimate of drug-likeness (QED) is 0.803. The average Bonchev–Trinajstić information content (AvgIpc) is 2.95. The van der Waals surface area contributed by atoms with Gasteiger partial charge in [0.15, 0.2) is 0 Å². The van der Waals surface area contributed by atoms with Gasteiger partial charge in [0.25, 0.3) is 0 Å². The second-order valence-electron chi connectivity index (χ2n) is 4.46. The molecule has 84 valence electrons. The summed E-state index contributed by atoms with van der Waals surface area (Å²) in [6.45, 7) is 4.96. The maximum Gasteiger partial charge on any atom is 0.202 e. The van der Waals surface area contributed by atoms with Crippen molar-refractivity contribution < 1.29 is 0 Å². The molecule has 1 saturated carbocycles. The Morgan fingerprint density at radius 1 is 1.53 bits per heavy atom. The molecule has 1 aromatic heterocycles. The molecule has 0 bridgehead atoms. The molecule has 0 aliphatic heterocycles. The summed E-state index contributed by atoms with van der Waals surface area (Å²) >= 11 is 1.45. The van der Waals surface area contributed by atoms with Crippen LogP contribution in [0.1, 0.15) is 38.4 Å². The van der Waals surface area contributed by atoms with Gasteiger partial charge in [0.1, 0.15) is 5.82 Å². The van der Waals surface area contributed by atoms with Crippen LogP contribution in [-0.2, 0) is 0 Å². The van der Waals surface area contributed by atoms with Gasteiger partial charge in [-0.1, -0.05) is 13.8 Å². The molecule has 0 amide bonds. The summed E-state index contributed by atoms with van der Waals surface area (Å²) in [5.74, 6) is 2.16. The van der Waals surface area contributed by atoms with E-state index in [2.05, 4.69) is 28.5 Å². The molecule has 1 fully saturated rings. The maximum atomic E-state index is 5.69. The fourth-order valence-electron chi connectivity index (χ4n) is 1.46. The van der Waals surface area contributed by atoms with E-state index in [4.69, 9.17) is 5.73 Å². The SMILES string of the molecule is CC(C)C(CN)Nc1nc(C2CC2)ns1. The van der Waals surface area contributed by atoms with Crippen LogP contribution < -0.4 is 11.1 Å². The van der Waals surface area contributed by atoms with Gasteiger partial charge in [-0.3, -0.25) is 0 Å². The number of hydrogen-bond acceptors (Lipinski definition) is 5. The summed E-state index contributed by atoms with van der Waals surface area (Å²) in [6, 6.07) is 0.296. The van der Waals surface area contributed by atoms with Crippen molar-refractivity contribution in [3.63, 3.8) is 0 Å². The number of aromatic nitrogens is 2. The van der Waals surface area contributed by atoms with Crippen molar-refractivity contribution >= 4 is 16.7 Å². The summed E-state index contributed by atoms with van der Waals surface area (Å²) < 4.78 is 4.35. The van der Waals surface area contributed by atoms with Crippen molar-refractivity contribution in [1.82, 2.24) is 9.36 Å². The van der Waals surface area contributed by atoms with Crippen LogP contribution in [0.2, 0.25) is 0 Å². The second kappa shape index (κ2) is 4.45. The Morgan fingerprint density at radius 2 is 2.27 bits per heavy atom. The van der Waals surface area contributed by atoms with Crippen LogP contribution in [0.15, 0.2) is 0 Å². The highest BCUT2D eigenvalue weighted by Crippen LogP contribution is 2.39. The number of anilines is 1. The lowest BCUT2D eigenvalue weighted by Gasteiger charge is -2.19. The van der Waals surface area contributed by atoms with Crippen LogP contribution in [0.5, 0.6) is 0 Å². The molecular formula is C10H18N4S. The summed E-state index contributed by atoms with van der Waals surface area (Å²) in [5, 5.41) is 4.27. The zero-order valence-corrected chi connectivity index (χ0v) is 10.0. The molecule has 1 heterocycles. The third kappa shape index (κ3) is 2.66. The molecule has 1 atom stereocenters. The normalized spacial score (nSPS) is 18.1. The van der Waals surface area contributed by atoms with E-state index in [-0.39, 0.29) is 0 Å². The maximum absolute atomic E-state index is 5.69. The lowest BCUT2D eigenvalue weighted by molar-refractivity contribution is 0.531. The Bertz CT molecular complexity index is 319. The van der Waals surface area contributed by atoms with Crippen molar-refractivity contribution in [2.75, 3.05) is 11.9 Å². The largest absolute Gasteiger partial charge is 0.356 e. The Balaban J connectivity index is 1.96. The van der Waals surface area contributed by atoms with Crippen LogP contribution in [0.4, 0.5) is 5.13 Å². The molecule has 1 aliphatic carbocycles. The number of nitrogens with one attached hydrogen (secondary N) is 1. The third-order valence-corrected chi connectivity index (χ3v) is 3.41. The standard InChI is InChI=1S/C10H18N4S/c1-6(2)8(5-11)12-10-13-9(14-15-10)7-3-4-7/h6-8H,3-5,11H2,1-2H3,(H,12,13,14). The molecular weight excluding hydrogens is 208 g/mol. The van der Waals surface area contributed by atoms with Crippen LogP contribution >= 0.6 is 11.5 Å². The molecule has 1 aromatic rings. The molecule has 0 saturated heterocycles. The molecule has 2 rings (SSSR count). The lowest BCUT2D eigenvalue weighted by Crippen LogP contribution is -2.33. The summed E-state index contributed by atoms with van der Waals surface area (Å²) in [4.78, 5) is 4.48. The van der Waals surface area contributed by atoms with Gasteiger partial charge in [-0.2, -0.15) is 4.37 Å². The van der Waals surface area contributed by atoms with Gasteiger partial charge in [-0.15, -0.1) is 0 Å². The first-order valence-electron chi connectivity index (χ1n) is 5.51. The van der Waals surface area contributed by atoms with Crippen molar-refractivity contribution in [3.05, 3.63) is 5.82 Å². The van der Waals surface area contributed by atoms with Gasteiger partial charge >= 0.3 is 0 Å². The van der Waals surface area contributed by atoms with E-state index < -0.39 is 0 Å². The first-order chi connectivity index (χ1) is 7.20. The first kappa shape index (κ1) is 10.8. The van der Waals surface area contributed by atoms with E-state index in [1.54, 1.807) is 0 Å². The van der Waals surface area contributed by atoms with Crippen LogP contribution in [0.3, 0.4) is 0 Å². The first-order valence-corrected chi connectivity index (χ1v) is 6.28. The predicted octanol–water partition coefficient (Wildman–Crippen LogP) is 1.81. The van der Waals surface area contributed by atoms with E-state index in [1.165, 1.54) is 24.4 Å². The van der Waals surface area contributed by atoms with Crippen LogP contribution in [0.25, 0.3) is 0 Å². The minimum absolute atomic E-state index is 0.296. The predicted molar refractivity (Wildman–Crippen MR) is 63.2 cm³/mol. The fraction of sp³-hybridized carbons (Fsp3) is 0.800. The molecule has 0 aromatic carbocycles. The van der Waals surface area contributed by atoms with Gasteiger partial charge in [-0.25, -0.2) is 4.98 Å². The molecule has 5 heteroatoms. The van der Waals surface area contributed by atoms with Crippen molar-refractivity contribution in [2.24, 2.45) is 11.7 Å². The molecule has 4 nitrogen and oxygen atoms in total. The molecule has 1 aliphatic rings. The monoisotopic (exact) mass is 226 g/mol. The van der Waals surface area contributed by atoms with Crippen molar-refractivity contribution in [3.8, 4) is 0 Å². The Hall–Kier alpha value is -0.680. The third-order valence-electron chi connectivity index (χ3n) is 2.75. The number of hydrogen-bond donors (Lipinski definition) is 2. The van der Waals surface area contributed by atoms with E-state index in [1.807, 2.05) is 0 Å². The van der Waals surface area contributed by atoms with Gasteiger partial charge in [0.05, 0.1) is 0 Å². The number of nitrogens with zero attached hydrogens (tertiary/aromatic N) is 2. The van der Waals surface area contributed by atoms with Gasteiger partial charge in [0.2, 0.25) is 5.13 Å². The average molecular weight is 226 g/mol. The summed E-state index contributed by atoms with van der Waals surface area (Å²) in [7, 11) is 0. The summed E-state index contributed by atoms with van der Waals surface area (Å²) in [5.41, 5.74) is 5.69. The highest BCUT2D eigenvalue weighted by molar-refractivity contribution is 7.09. The topological polar surface area (TPSA) is 63.8 Å². The summed E-state index contributed by atoms with van der Waals surface area (Å²) in [6.07, 6.45) is 2.50. The molecule has 0 spiro atoms. The zero-order chi connectivity index (χ0) is 10.8.